The Morgan fingerprint density at radius 2 is 1.76 bits per heavy atom. The molecule has 29 heavy (non-hydrogen) atoms. The highest BCUT2D eigenvalue weighted by atomic mass is 16.5. The average Bonchev–Trinajstić information content (AvgIpc) is 2.78. The zero-order valence-corrected chi connectivity index (χ0v) is 16.0. The number of benzene rings is 2. The van der Waals surface area contributed by atoms with E-state index in [-0.39, 0.29) is 5.91 Å². The Balaban J connectivity index is 1.75. The fourth-order valence-electron chi connectivity index (χ4n) is 3.14. The summed E-state index contributed by atoms with van der Waals surface area (Å²) >= 11 is 0. The topological polar surface area (TPSA) is 73.3 Å². The molecule has 0 aliphatic carbocycles. The maximum absolute atomic E-state index is 13.1. The molecule has 0 atom stereocenters. The number of hydrogen-bond acceptors (Lipinski definition) is 5. The van der Waals surface area contributed by atoms with Gasteiger partial charge in [-0.1, -0.05) is 18.2 Å². The third kappa shape index (κ3) is 3.73. The molecule has 0 bridgehead atoms. The molecule has 0 aliphatic rings. The Bertz CT molecular complexity index is 1180. The summed E-state index contributed by atoms with van der Waals surface area (Å²) in [6.45, 7) is 0. The van der Waals surface area contributed by atoms with E-state index in [2.05, 4.69) is 15.3 Å². The monoisotopic (exact) mass is 385 g/mol. The number of nitrogens with zero attached hydrogens (tertiary/aromatic N) is 2. The van der Waals surface area contributed by atoms with E-state index in [1.807, 2.05) is 36.4 Å². The third-order valence-corrected chi connectivity index (χ3v) is 4.56. The summed E-state index contributed by atoms with van der Waals surface area (Å²) in [6, 6.07) is 18.4. The molecule has 1 N–H and O–H groups in total. The summed E-state index contributed by atoms with van der Waals surface area (Å²) in [5.74, 6) is 0.903. The summed E-state index contributed by atoms with van der Waals surface area (Å²) in [6.07, 6.45) is 3.43. The van der Waals surface area contributed by atoms with E-state index < -0.39 is 0 Å². The van der Waals surface area contributed by atoms with Crippen LogP contribution >= 0.6 is 0 Å². The second-order valence-electron chi connectivity index (χ2n) is 6.34. The van der Waals surface area contributed by atoms with Crippen LogP contribution < -0.4 is 14.8 Å². The van der Waals surface area contributed by atoms with Crippen LogP contribution in [0.1, 0.15) is 10.4 Å². The van der Waals surface area contributed by atoms with Gasteiger partial charge < -0.3 is 14.8 Å². The molecule has 0 unspecified atom stereocenters. The molecule has 2 aromatic heterocycles. The Kier molecular flexibility index (Phi) is 5.07. The van der Waals surface area contributed by atoms with E-state index in [1.54, 1.807) is 50.9 Å². The van der Waals surface area contributed by atoms with Gasteiger partial charge in [-0.25, -0.2) is 4.98 Å². The lowest BCUT2D eigenvalue weighted by atomic mass is 10.0. The Morgan fingerprint density at radius 3 is 2.52 bits per heavy atom. The predicted molar refractivity (Wildman–Crippen MR) is 112 cm³/mol. The second-order valence-corrected chi connectivity index (χ2v) is 6.34. The van der Waals surface area contributed by atoms with Crippen molar-refractivity contribution in [1.29, 1.82) is 0 Å². The molecule has 4 rings (SSSR count). The van der Waals surface area contributed by atoms with Crippen LogP contribution in [0.5, 0.6) is 11.5 Å². The highest BCUT2D eigenvalue weighted by Gasteiger charge is 2.15. The number of anilines is 1. The zero-order chi connectivity index (χ0) is 20.2. The van der Waals surface area contributed by atoms with Crippen molar-refractivity contribution in [2.24, 2.45) is 0 Å². The standard InChI is InChI=1S/C23H19N3O3/c1-28-21-10-9-16(12-22(21)29-2)25-23(27)18-13-20(15-6-5-11-24-14-15)26-19-8-4-3-7-17(18)19/h3-14H,1-2H3,(H,25,27). The summed E-state index contributed by atoms with van der Waals surface area (Å²) in [5, 5.41) is 3.71. The fraction of sp³-hybridized carbons (Fsp3) is 0.0870. The van der Waals surface area contributed by atoms with Gasteiger partial charge in [-0.15, -0.1) is 0 Å². The summed E-state index contributed by atoms with van der Waals surface area (Å²) in [7, 11) is 3.12. The van der Waals surface area contributed by atoms with Crippen molar-refractivity contribution in [3.05, 3.63) is 78.6 Å². The number of pyridine rings is 2. The molecule has 1 amide bonds. The van der Waals surface area contributed by atoms with Gasteiger partial charge in [0.25, 0.3) is 5.91 Å². The zero-order valence-electron chi connectivity index (χ0n) is 16.0. The number of aromatic nitrogens is 2. The van der Waals surface area contributed by atoms with Crippen LogP contribution in [0.2, 0.25) is 0 Å². The Hall–Kier alpha value is -3.93. The van der Waals surface area contributed by atoms with Crippen LogP contribution in [-0.4, -0.2) is 30.1 Å². The molecule has 0 radical (unpaired) electrons. The number of carbonyl (C=O) groups excluding carboxylic acids is 1. The van der Waals surface area contributed by atoms with Crippen molar-refractivity contribution in [2.75, 3.05) is 19.5 Å². The SMILES string of the molecule is COc1ccc(NC(=O)c2cc(-c3cccnc3)nc3ccccc23)cc1OC. The maximum atomic E-state index is 13.1. The third-order valence-electron chi connectivity index (χ3n) is 4.56. The normalized spacial score (nSPS) is 10.6. The van der Waals surface area contributed by atoms with Crippen LogP contribution in [0.15, 0.2) is 73.1 Å². The number of hydrogen-bond donors (Lipinski definition) is 1. The number of ether oxygens (including phenoxy) is 2. The number of carbonyl (C=O) groups is 1. The number of rotatable bonds is 5. The van der Waals surface area contributed by atoms with Crippen LogP contribution in [0, 0.1) is 0 Å². The molecule has 6 heteroatoms. The minimum atomic E-state index is -0.235. The number of fused-ring (bicyclic) bond motifs is 1. The van der Waals surface area contributed by atoms with E-state index in [0.29, 0.717) is 28.4 Å². The molecule has 4 aromatic rings. The molecule has 0 aliphatic heterocycles. The van der Waals surface area contributed by atoms with E-state index in [9.17, 15) is 4.79 Å². The van der Waals surface area contributed by atoms with Crippen LogP contribution in [0.25, 0.3) is 22.2 Å². The minimum absolute atomic E-state index is 0.235. The number of methoxy groups -OCH3 is 2. The van der Waals surface area contributed by atoms with E-state index >= 15 is 0 Å². The fourth-order valence-corrected chi connectivity index (χ4v) is 3.14. The second kappa shape index (κ2) is 7.98. The van der Waals surface area contributed by atoms with Gasteiger partial charge in [-0.05, 0) is 36.4 Å². The lowest BCUT2D eigenvalue weighted by molar-refractivity contribution is 0.102. The number of amides is 1. The Labute approximate surface area is 168 Å². The molecular formula is C23H19N3O3. The largest absolute Gasteiger partial charge is 0.493 e. The molecule has 2 aromatic carbocycles. The summed E-state index contributed by atoms with van der Waals surface area (Å²) in [5.41, 5.74) is 3.42. The molecule has 2 heterocycles. The molecule has 0 fully saturated rings. The van der Waals surface area contributed by atoms with Gasteiger partial charge in [-0.3, -0.25) is 9.78 Å². The Morgan fingerprint density at radius 1 is 0.931 bits per heavy atom. The predicted octanol–water partition coefficient (Wildman–Crippen LogP) is 4.57. The van der Waals surface area contributed by atoms with Crippen LogP contribution in [0.3, 0.4) is 0 Å². The van der Waals surface area contributed by atoms with Crippen molar-refractivity contribution in [2.45, 2.75) is 0 Å². The molecular weight excluding hydrogens is 366 g/mol. The number of nitrogens with one attached hydrogen (secondary N) is 1. The van der Waals surface area contributed by atoms with Crippen molar-refractivity contribution in [3.63, 3.8) is 0 Å². The molecule has 0 saturated carbocycles. The summed E-state index contributed by atoms with van der Waals surface area (Å²) < 4.78 is 10.6. The first kappa shape index (κ1) is 18.4. The van der Waals surface area contributed by atoms with Gasteiger partial charge in [0.15, 0.2) is 11.5 Å². The van der Waals surface area contributed by atoms with Gasteiger partial charge >= 0.3 is 0 Å². The van der Waals surface area contributed by atoms with Crippen molar-refractivity contribution >= 4 is 22.5 Å². The molecule has 0 spiro atoms. The first-order chi connectivity index (χ1) is 14.2. The van der Waals surface area contributed by atoms with Crippen LogP contribution in [0.4, 0.5) is 5.69 Å². The van der Waals surface area contributed by atoms with Gasteiger partial charge in [-0.2, -0.15) is 0 Å². The van der Waals surface area contributed by atoms with E-state index in [4.69, 9.17) is 9.47 Å². The first-order valence-electron chi connectivity index (χ1n) is 9.03. The summed E-state index contributed by atoms with van der Waals surface area (Å²) in [4.78, 5) is 22.0. The maximum Gasteiger partial charge on any atom is 0.256 e. The first-order valence-corrected chi connectivity index (χ1v) is 9.03. The average molecular weight is 385 g/mol. The number of para-hydroxylation sites is 1. The van der Waals surface area contributed by atoms with Crippen LogP contribution in [-0.2, 0) is 0 Å². The van der Waals surface area contributed by atoms with Gasteiger partial charge in [0.05, 0.1) is 31.0 Å². The van der Waals surface area contributed by atoms with Crippen molar-refractivity contribution in [1.82, 2.24) is 9.97 Å². The highest BCUT2D eigenvalue weighted by Crippen LogP contribution is 2.31. The molecule has 0 saturated heterocycles. The van der Waals surface area contributed by atoms with Crippen molar-refractivity contribution in [3.8, 4) is 22.8 Å². The van der Waals surface area contributed by atoms with Crippen molar-refractivity contribution < 1.29 is 14.3 Å². The molecule has 6 nitrogen and oxygen atoms in total. The lowest BCUT2D eigenvalue weighted by Gasteiger charge is -2.12. The van der Waals surface area contributed by atoms with E-state index in [1.165, 1.54) is 0 Å². The minimum Gasteiger partial charge on any atom is -0.493 e. The van der Waals surface area contributed by atoms with Gasteiger partial charge in [0.1, 0.15) is 0 Å². The quantitative estimate of drug-likeness (QED) is 0.545. The highest BCUT2D eigenvalue weighted by molar-refractivity contribution is 6.13. The van der Waals surface area contributed by atoms with Gasteiger partial charge in [0.2, 0.25) is 0 Å². The van der Waals surface area contributed by atoms with E-state index in [0.717, 1.165) is 16.5 Å². The smallest absolute Gasteiger partial charge is 0.256 e. The molecule has 144 valence electrons. The van der Waals surface area contributed by atoms with Gasteiger partial charge in [0, 0.05) is 35.1 Å². The lowest BCUT2D eigenvalue weighted by Crippen LogP contribution is -2.13.